The van der Waals surface area contributed by atoms with Gasteiger partial charge in [-0.25, -0.2) is 0 Å². The van der Waals surface area contributed by atoms with Crippen LogP contribution >= 0.6 is 0 Å². The van der Waals surface area contributed by atoms with Crippen molar-refractivity contribution in [3.8, 4) is 0 Å². The first kappa shape index (κ1) is 17.8. The predicted octanol–water partition coefficient (Wildman–Crippen LogP) is 4.01. The Labute approximate surface area is 120 Å². The lowest BCUT2D eigenvalue weighted by Gasteiger charge is -2.37. The van der Waals surface area contributed by atoms with Crippen molar-refractivity contribution in [2.45, 2.75) is 58.7 Å². The summed E-state index contributed by atoms with van der Waals surface area (Å²) in [5, 5.41) is 3.43. The van der Waals surface area contributed by atoms with Crippen molar-refractivity contribution in [3.63, 3.8) is 0 Å². The van der Waals surface area contributed by atoms with Crippen LogP contribution in [0.15, 0.2) is 0 Å². The number of ether oxygens (including phenoxy) is 1. The highest BCUT2D eigenvalue weighted by Crippen LogP contribution is 2.35. The number of hydrogen-bond acceptors (Lipinski definition) is 2. The van der Waals surface area contributed by atoms with Gasteiger partial charge < -0.3 is 10.1 Å². The minimum absolute atomic E-state index is 0.177. The van der Waals surface area contributed by atoms with Crippen molar-refractivity contribution in [2.75, 3.05) is 19.8 Å². The smallest absolute Gasteiger partial charge is 0.372 e. The predicted molar refractivity (Wildman–Crippen MR) is 74.6 cm³/mol. The molecule has 0 heterocycles. The topological polar surface area (TPSA) is 21.3 Å². The van der Waals surface area contributed by atoms with Crippen LogP contribution in [-0.2, 0) is 4.74 Å². The second-order valence-corrected chi connectivity index (χ2v) is 6.30. The van der Waals surface area contributed by atoms with Crippen LogP contribution in [0.2, 0.25) is 0 Å². The van der Waals surface area contributed by atoms with Gasteiger partial charge in [-0.1, -0.05) is 20.8 Å². The zero-order valence-corrected chi connectivity index (χ0v) is 12.8. The Balaban J connectivity index is 2.39. The molecule has 0 aromatic carbocycles. The third kappa shape index (κ3) is 6.93. The molecule has 0 radical (unpaired) electrons. The van der Waals surface area contributed by atoms with Crippen molar-refractivity contribution in [1.29, 1.82) is 0 Å². The van der Waals surface area contributed by atoms with E-state index in [1.807, 2.05) is 6.92 Å². The largest absolute Gasteiger partial charge is 0.411 e. The minimum Gasteiger partial charge on any atom is -0.372 e. The molecule has 3 unspecified atom stereocenters. The van der Waals surface area contributed by atoms with Gasteiger partial charge in [-0.15, -0.1) is 0 Å². The van der Waals surface area contributed by atoms with Crippen molar-refractivity contribution in [3.05, 3.63) is 0 Å². The first-order chi connectivity index (χ1) is 9.31. The maximum absolute atomic E-state index is 12.0. The molecule has 3 atom stereocenters. The molecule has 0 aromatic rings. The van der Waals surface area contributed by atoms with Crippen LogP contribution in [-0.4, -0.2) is 32.0 Å². The molecule has 2 nitrogen and oxygen atoms in total. The highest BCUT2D eigenvalue weighted by Gasteiger charge is 2.30. The van der Waals surface area contributed by atoms with Gasteiger partial charge in [0, 0.05) is 12.6 Å². The van der Waals surface area contributed by atoms with Gasteiger partial charge in [0.05, 0.1) is 0 Å². The van der Waals surface area contributed by atoms with E-state index in [1.165, 1.54) is 19.3 Å². The quantitative estimate of drug-likeness (QED) is 0.717. The van der Waals surface area contributed by atoms with Crippen LogP contribution < -0.4 is 5.32 Å². The fraction of sp³-hybridized carbons (Fsp3) is 1.00. The van der Waals surface area contributed by atoms with Crippen molar-refractivity contribution in [1.82, 2.24) is 5.32 Å². The molecule has 0 amide bonds. The summed E-state index contributed by atoms with van der Waals surface area (Å²) in [5.74, 6) is 1.98. The summed E-state index contributed by atoms with van der Waals surface area (Å²) in [5.41, 5.74) is 0. The average molecular weight is 295 g/mol. The number of rotatable bonds is 7. The Morgan fingerprint density at radius 3 is 2.25 bits per heavy atom. The lowest BCUT2D eigenvalue weighted by atomic mass is 9.73. The van der Waals surface area contributed by atoms with E-state index >= 15 is 0 Å². The summed E-state index contributed by atoms with van der Waals surface area (Å²) in [6.07, 6.45) is 0.0397. The van der Waals surface area contributed by atoms with Crippen molar-refractivity contribution >= 4 is 0 Å². The molecule has 5 heteroatoms. The third-order valence-electron chi connectivity index (χ3n) is 4.09. The monoisotopic (exact) mass is 295 g/mol. The molecule has 120 valence electrons. The summed E-state index contributed by atoms with van der Waals surface area (Å²) >= 11 is 0. The van der Waals surface area contributed by atoms with E-state index in [2.05, 4.69) is 19.2 Å². The summed E-state index contributed by atoms with van der Waals surface area (Å²) in [7, 11) is 0. The Morgan fingerprint density at radius 2 is 1.75 bits per heavy atom. The molecule has 0 aliphatic heterocycles. The van der Waals surface area contributed by atoms with Crippen molar-refractivity contribution < 1.29 is 17.9 Å². The van der Waals surface area contributed by atoms with E-state index in [1.54, 1.807) is 0 Å². The second-order valence-electron chi connectivity index (χ2n) is 6.30. The number of halogens is 3. The van der Waals surface area contributed by atoms with Gasteiger partial charge in [-0.2, -0.15) is 13.2 Å². The van der Waals surface area contributed by atoms with Gasteiger partial charge in [-0.05, 0) is 50.0 Å². The molecule has 1 aliphatic rings. The number of nitrogens with one attached hydrogen (secondary N) is 1. The van der Waals surface area contributed by atoms with E-state index in [0.717, 1.165) is 6.54 Å². The molecule has 0 spiro atoms. The summed E-state index contributed by atoms with van der Waals surface area (Å²) in [6.45, 7) is 6.47. The van der Waals surface area contributed by atoms with Gasteiger partial charge in [0.15, 0.2) is 0 Å². The zero-order valence-electron chi connectivity index (χ0n) is 12.8. The van der Waals surface area contributed by atoms with Gasteiger partial charge in [0.25, 0.3) is 0 Å². The zero-order chi connectivity index (χ0) is 15.2. The van der Waals surface area contributed by atoms with Crippen LogP contribution in [0.1, 0.15) is 46.5 Å². The van der Waals surface area contributed by atoms with E-state index in [-0.39, 0.29) is 12.6 Å². The first-order valence-corrected chi connectivity index (χ1v) is 7.69. The average Bonchev–Trinajstić information content (AvgIpc) is 2.30. The third-order valence-corrected chi connectivity index (χ3v) is 4.09. The van der Waals surface area contributed by atoms with E-state index < -0.39 is 12.8 Å². The lowest BCUT2D eigenvalue weighted by Crippen LogP contribution is -2.40. The summed E-state index contributed by atoms with van der Waals surface area (Å²) in [6, 6.07) is 0.276. The number of hydrogen-bond donors (Lipinski definition) is 1. The molecular weight excluding hydrogens is 267 g/mol. The maximum Gasteiger partial charge on any atom is 0.411 e. The molecule has 0 saturated heterocycles. The molecule has 0 bridgehead atoms. The molecular formula is C15H28F3NO. The van der Waals surface area contributed by atoms with Crippen LogP contribution in [0.5, 0.6) is 0 Å². The van der Waals surface area contributed by atoms with Gasteiger partial charge in [-0.3, -0.25) is 0 Å². The first-order valence-electron chi connectivity index (χ1n) is 7.69. The fourth-order valence-corrected chi connectivity index (χ4v) is 3.50. The number of alkyl halides is 3. The molecule has 1 N–H and O–H groups in total. The maximum atomic E-state index is 12.0. The lowest BCUT2D eigenvalue weighted by molar-refractivity contribution is -0.174. The minimum atomic E-state index is -4.22. The normalized spacial score (nSPS) is 29.4. The van der Waals surface area contributed by atoms with Crippen LogP contribution in [0.4, 0.5) is 13.2 Å². The summed E-state index contributed by atoms with van der Waals surface area (Å²) in [4.78, 5) is 0. The Bertz CT molecular complexity index is 260. The second kappa shape index (κ2) is 8.23. The molecule has 1 rings (SSSR count). The highest BCUT2D eigenvalue weighted by atomic mass is 19.4. The fourth-order valence-electron chi connectivity index (χ4n) is 3.50. The van der Waals surface area contributed by atoms with Crippen LogP contribution in [0.25, 0.3) is 0 Å². The van der Waals surface area contributed by atoms with Gasteiger partial charge in [0.1, 0.15) is 6.61 Å². The molecule has 1 aliphatic carbocycles. The standard InChI is InChI=1S/C15H28F3NO/c1-4-19-14(5-6-20-10-15(16,17)18)13-8-11(2)7-12(3)9-13/h11-14,19H,4-10H2,1-3H3. The molecule has 1 saturated carbocycles. The Kier molecular flexibility index (Phi) is 7.30. The van der Waals surface area contributed by atoms with Gasteiger partial charge in [0.2, 0.25) is 0 Å². The Hall–Kier alpha value is -0.290. The molecule has 1 fully saturated rings. The van der Waals surface area contributed by atoms with Crippen molar-refractivity contribution in [2.24, 2.45) is 17.8 Å². The van der Waals surface area contributed by atoms with E-state index in [0.29, 0.717) is 24.2 Å². The van der Waals surface area contributed by atoms with E-state index in [4.69, 9.17) is 4.74 Å². The Morgan fingerprint density at radius 1 is 1.15 bits per heavy atom. The highest BCUT2D eigenvalue weighted by molar-refractivity contribution is 4.83. The van der Waals surface area contributed by atoms with Gasteiger partial charge >= 0.3 is 6.18 Å². The summed E-state index contributed by atoms with van der Waals surface area (Å²) < 4.78 is 40.9. The molecule has 20 heavy (non-hydrogen) atoms. The molecule has 0 aromatic heterocycles. The van der Waals surface area contributed by atoms with Crippen LogP contribution in [0, 0.1) is 17.8 Å². The van der Waals surface area contributed by atoms with Crippen LogP contribution in [0.3, 0.4) is 0 Å². The van der Waals surface area contributed by atoms with E-state index in [9.17, 15) is 13.2 Å². The SMILES string of the molecule is CCNC(CCOCC(F)(F)F)C1CC(C)CC(C)C1.